The fourth-order valence-electron chi connectivity index (χ4n) is 1.54. The summed E-state index contributed by atoms with van der Waals surface area (Å²) in [4.78, 5) is 32.9. The molecule has 1 aromatic rings. The van der Waals surface area contributed by atoms with Crippen molar-refractivity contribution in [2.45, 2.75) is 26.2 Å². The molecule has 0 fully saturated rings. The highest BCUT2D eigenvalue weighted by Crippen LogP contribution is 2.12. The summed E-state index contributed by atoms with van der Waals surface area (Å²) >= 11 is 0. The maximum atomic E-state index is 11.6. The second-order valence-electron chi connectivity index (χ2n) is 4.45. The van der Waals surface area contributed by atoms with Crippen LogP contribution in [-0.2, 0) is 20.7 Å². The van der Waals surface area contributed by atoms with E-state index in [0.717, 1.165) is 12.8 Å². The van der Waals surface area contributed by atoms with Crippen LogP contribution in [0.5, 0.6) is 0 Å². The number of rotatable bonds is 8. The molecule has 1 rings (SSSR count). The SMILES string of the molecule is CCCCOC(=O)CNC(=O)Cc1ccc([N+](=O)[O-])cc1. The number of carbonyl (C=O) groups is 2. The Balaban J connectivity index is 2.33. The summed E-state index contributed by atoms with van der Waals surface area (Å²) in [7, 11) is 0. The van der Waals surface area contributed by atoms with Gasteiger partial charge in [-0.05, 0) is 12.0 Å². The normalized spacial score (nSPS) is 9.95. The second kappa shape index (κ2) is 8.68. The van der Waals surface area contributed by atoms with Crippen LogP contribution >= 0.6 is 0 Å². The summed E-state index contributed by atoms with van der Waals surface area (Å²) in [6.07, 6.45) is 1.78. The number of unbranched alkanes of at least 4 members (excludes halogenated alkanes) is 1. The number of hydrogen-bond acceptors (Lipinski definition) is 5. The molecule has 0 aliphatic heterocycles. The number of nitrogens with one attached hydrogen (secondary N) is 1. The standard InChI is InChI=1S/C14H18N2O5/c1-2-3-8-21-14(18)10-15-13(17)9-11-4-6-12(7-5-11)16(19)20/h4-7H,2-3,8-10H2,1H3,(H,15,17). The van der Waals surface area contributed by atoms with E-state index in [1.807, 2.05) is 6.92 Å². The predicted octanol–water partition coefficient (Wildman–Crippen LogP) is 1.60. The molecule has 0 aliphatic rings. The highest BCUT2D eigenvalue weighted by molar-refractivity contribution is 5.83. The van der Waals surface area contributed by atoms with Crippen molar-refractivity contribution in [2.24, 2.45) is 0 Å². The number of carbonyl (C=O) groups excluding carboxylic acids is 2. The smallest absolute Gasteiger partial charge is 0.325 e. The Morgan fingerprint density at radius 2 is 1.95 bits per heavy atom. The molecule has 1 aromatic carbocycles. The molecule has 0 aliphatic carbocycles. The van der Waals surface area contributed by atoms with Crippen molar-refractivity contribution >= 4 is 17.6 Å². The molecule has 114 valence electrons. The van der Waals surface area contributed by atoms with E-state index in [1.54, 1.807) is 0 Å². The lowest BCUT2D eigenvalue weighted by Crippen LogP contribution is -2.31. The molecular weight excluding hydrogens is 276 g/mol. The van der Waals surface area contributed by atoms with Gasteiger partial charge in [0.05, 0.1) is 18.0 Å². The van der Waals surface area contributed by atoms with E-state index in [0.29, 0.717) is 12.2 Å². The van der Waals surface area contributed by atoms with Crippen molar-refractivity contribution < 1.29 is 19.2 Å². The number of nitrogens with zero attached hydrogens (tertiary/aromatic N) is 1. The van der Waals surface area contributed by atoms with Gasteiger partial charge in [-0.15, -0.1) is 0 Å². The van der Waals surface area contributed by atoms with Gasteiger partial charge >= 0.3 is 5.97 Å². The van der Waals surface area contributed by atoms with Crippen LogP contribution in [0.1, 0.15) is 25.3 Å². The average molecular weight is 294 g/mol. The third kappa shape index (κ3) is 6.51. The van der Waals surface area contributed by atoms with Gasteiger partial charge < -0.3 is 10.1 Å². The predicted molar refractivity (Wildman–Crippen MR) is 75.7 cm³/mol. The zero-order valence-electron chi connectivity index (χ0n) is 11.8. The summed E-state index contributed by atoms with van der Waals surface area (Å²) in [5, 5.41) is 12.9. The molecule has 0 spiro atoms. The minimum atomic E-state index is -0.504. The average Bonchev–Trinajstić information content (AvgIpc) is 2.46. The fraction of sp³-hybridized carbons (Fsp3) is 0.429. The highest BCUT2D eigenvalue weighted by atomic mass is 16.6. The largest absolute Gasteiger partial charge is 0.464 e. The molecule has 21 heavy (non-hydrogen) atoms. The van der Waals surface area contributed by atoms with Gasteiger partial charge in [0, 0.05) is 12.1 Å². The molecule has 7 heteroatoms. The first-order chi connectivity index (χ1) is 10.0. The van der Waals surface area contributed by atoms with Gasteiger partial charge in [-0.1, -0.05) is 25.5 Å². The van der Waals surface area contributed by atoms with Crippen molar-refractivity contribution in [3.05, 3.63) is 39.9 Å². The van der Waals surface area contributed by atoms with Gasteiger partial charge in [0.15, 0.2) is 0 Å². The van der Waals surface area contributed by atoms with Crippen molar-refractivity contribution in [3.8, 4) is 0 Å². The molecule has 0 saturated heterocycles. The monoisotopic (exact) mass is 294 g/mol. The summed E-state index contributed by atoms with van der Waals surface area (Å²) in [6, 6.07) is 5.69. The Kier molecular flexibility index (Phi) is 6.86. The van der Waals surface area contributed by atoms with Crippen LogP contribution in [0, 0.1) is 10.1 Å². The maximum Gasteiger partial charge on any atom is 0.325 e. The minimum absolute atomic E-state index is 0.0290. The quantitative estimate of drug-likeness (QED) is 0.340. The fourth-order valence-corrected chi connectivity index (χ4v) is 1.54. The Hall–Kier alpha value is -2.44. The van der Waals surface area contributed by atoms with Gasteiger partial charge in [-0.3, -0.25) is 19.7 Å². The first-order valence-electron chi connectivity index (χ1n) is 6.68. The molecule has 0 heterocycles. The van der Waals surface area contributed by atoms with Crippen molar-refractivity contribution in [2.75, 3.05) is 13.2 Å². The number of benzene rings is 1. The Bertz CT molecular complexity index is 499. The lowest BCUT2D eigenvalue weighted by Gasteiger charge is -2.06. The topological polar surface area (TPSA) is 98.5 Å². The van der Waals surface area contributed by atoms with Gasteiger partial charge in [0.1, 0.15) is 6.54 Å². The van der Waals surface area contributed by atoms with E-state index < -0.39 is 10.9 Å². The van der Waals surface area contributed by atoms with Crippen molar-refractivity contribution in [1.29, 1.82) is 0 Å². The van der Waals surface area contributed by atoms with Crippen molar-refractivity contribution in [1.82, 2.24) is 5.32 Å². The van der Waals surface area contributed by atoms with E-state index in [9.17, 15) is 19.7 Å². The first kappa shape index (κ1) is 16.6. The number of nitro groups is 1. The van der Waals surface area contributed by atoms with Gasteiger partial charge in [0.25, 0.3) is 5.69 Å². The summed E-state index contributed by atoms with van der Waals surface area (Å²) < 4.78 is 4.90. The third-order valence-electron chi connectivity index (χ3n) is 2.70. The zero-order chi connectivity index (χ0) is 15.7. The van der Waals surface area contributed by atoms with E-state index in [2.05, 4.69) is 5.32 Å². The highest BCUT2D eigenvalue weighted by Gasteiger charge is 2.09. The molecule has 1 N–H and O–H groups in total. The molecule has 0 bridgehead atoms. The van der Waals surface area contributed by atoms with E-state index in [1.165, 1.54) is 24.3 Å². The van der Waals surface area contributed by atoms with Gasteiger partial charge in [0.2, 0.25) is 5.91 Å². The summed E-state index contributed by atoms with van der Waals surface area (Å²) in [5.41, 5.74) is 0.608. The lowest BCUT2D eigenvalue weighted by atomic mass is 10.1. The Morgan fingerprint density at radius 1 is 1.29 bits per heavy atom. The minimum Gasteiger partial charge on any atom is -0.464 e. The van der Waals surface area contributed by atoms with Crippen LogP contribution in [0.4, 0.5) is 5.69 Å². The Morgan fingerprint density at radius 3 is 2.52 bits per heavy atom. The van der Waals surface area contributed by atoms with Crippen LogP contribution in [0.25, 0.3) is 0 Å². The van der Waals surface area contributed by atoms with Crippen LogP contribution in [-0.4, -0.2) is 30.0 Å². The number of amides is 1. The zero-order valence-corrected chi connectivity index (χ0v) is 11.8. The number of esters is 1. The van der Waals surface area contributed by atoms with Crippen LogP contribution < -0.4 is 5.32 Å². The van der Waals surface area contributed by atoms with Gasteiger partial charge in [-0.2, -0.15) is 0 Å². The van der Waals surface area contributed by atoms with E-state index >= 15 is 0 Å². The molecule has 0 aromatic heterocycles. The number of hydrogen-bond donors (Lipinski definition) is 1. The number of nitro benzene ring substituents is 1. The number of ether oxygens (including phenoxy) is 1. The maximum absolute atomic E-state index is 11.6. The molecule has 1 amide bonds. The lowest BCUT2D eigenvalue weighted by molar-refractivity contribution is -0.384. The van der Waals surface area contributed by atoms with E-state index in [4.69, 9.17) is 4.74 Å². The number of non-ortho nitro benzene ring substituents is 1. The van der Waals surface area contributed by atoms with Crippen LogP contribution in [0.3, 0.4) is 0 Å². The summed E-state index contributed by atoms with van der Waals surface area (Å²) in [6.45, 7) is 2.17. The van der Waals surface area contributed by atoms with Crippen LogP contribution in [0.2, 0.25) is 0 Å². The second-order valence-corrected chi connectivity index (χ2v) is 4.45. The molecule has 7 nitrogen and oxygen atoms in total. The third-order valence-corrected chi connectivity index (χ3v) is 2.70. The Labute approximate surface area is 122 Å². The molecule has 0 unspecified atom stereocenters. The first-order valence-corrected chi connectivity index (χ1v) is 6.68. The van der Waals surface area contributed by atoms with Crippen molar-refractivity contribution in [3.63, 3.8) is 0 Å². The molecule has 0 atom stereocenters. The molecular formula is C14H18N2O5. The van der Waals surface area contributed by atoms with Crippen LogP contribution in [0.15, 0.2) is 24.3 Å². The molecule has 0 radical (unpaired) electrons. The van der Waals surface area contributed by atoms with E-state index in [-0.39, 0.29) is 24.6 Å². The summed E-state index contributed by atoms with van der Waals surface area (Å²) in [5.74, 6) is -0.809. The molecule has 0 saturated carbocycles. The van der Waals surface area contributed by atoms with Gasteiger partial charge in [-0.25, -0.2) is 0 Å².